The zero-order valence-electron chi connectivity index (χ0n) is 16.2. The van der Waals surface area contributed by atoms with Gasteiger partial charge in [0, 0.05) is 16.6 Å². The lowest BCUT2D eigenvalue weighted by molar-refractivity contribution is -0.151. The van der Waals surface area contributed by atoms with Crippen LogP contribution in [0.2, 0.25) is 5.02 Å². The molecule has 1 saturated carbocycles. The van der Waals surface area contributed by atoms with Gasteiger partial charge in [0.25, 0.3) is 5.91 Å². The molecule has 2 fully saturated rings. The van der Waals surface area contributed by atoms with E-state index in [2.05, 4.69) is 34.6 Å². The lowest BCUT2D eigenvalue weighted by Gasteiger charge is -2.51. The Morgan fingerprint density at radius 2 is 1.93 bits per heavy atom. The third-order valence-corrected chi connectivity index (χ3v) is 6.02. The number of nitrogens with zero attached hydrogens (tertiary/aromatic N) is 3. The summed E-state index contributed by atoms with van der Waals surface area (Å²) in [6.07, 6.45) is 3.63. The number of anilines is 1. The number of carbonyl (C=O) groups excluding carboxylic acids is 2. The van der Waals surface area contributed by atoms with Crippen LogP contribution in [0, 0.1) is 5.92 Å². The topological polar surface area (TPSA) is 77.0 Å². The number of piperazine rings is 1. The van der Waals surface area contributed by atoms with Gasteiger partial charge in [-0.1, -0.05) is 38.3 Å². The van der Waals surface area contributed by atoms with E-state index in [-0.39, 0.29) is 36.4 Å². The molecule has 2 aliphatic heterocycles. The highest BCUT2D eigenvalue weighted by Gasteiger charge is 2.51. The maximum atomic E-state index is 13.2. The molecule has 2 amide bonds. The second-order valence-electron chi connectivity index (χ2n) is 8.00. The minimum atomic E-state index is -0.500. The molecule has 0 spiro atoms. The predicted octanol–water partition coefficient (Wildman–Crippen LogP) is 2.63. The standard InChI is InChI=1S/C20H26ClN5O2/c1-12(2)18-23-24-19-20(28)25(15-5-3-4-6-16(15)26(18)19)11-17(27)22-14-9-7-13(21)8-10-14/h7-10,12,15-16,19,24H,3-6,11H2,1-2H3,(H,22,27). The van der Waals surface area contributed by atoms with E-state index in [4.69, 9.17) is 11.6 Å². The average molecular weight is 404 g/mol. The molecule has 0 radical (unpaired) electrons. The number of amides is 2. The van der Waals surface area contributed by atoms with E-state index >= 15 is 0 Å². The summed E-state index contributed by atoms with van der Waals surface area (Å²) in [6.45, 7) is 4.24. The lowest BCUT2D eigenvalue weighted by atomic mass is 9.85. The number of carbonyl (C=O) groups is 2. The largest absolute Gasteiger partial charge is 0.325 e. The fraction of sp³-hybridized carbons (Fsp3) is 0.550. The quantitative estimate of drug-likeness (QED) is 0.810. The first kappa shape index (κ1) is 19.1. The van der Waals surface area contributed by atoms with Crippen molar-refractivity contribution in [2.45, 2.75) is 57.8 Å². The second kappa shape index (κ2) is 7.62. The molecular weight excluding hydrogens is 378 g/mol. The van der Waals surface area contributed by atoms with Crippen molar-refractivity contribution in [2.75, 3.05) is 11.9 Å². The molecule has 1 aliphatic carbocycles. The van der Waals surface area contributed by atoms with Gasteiger partial charge in [-0.2, -0.15) is 5.10 Å². The van der Waals surface area contributed by atoms with E-state index in [1.54, 1.807) is 29.2 Å². The van der Waals surface area contributed by atoms with Crippen molar-refractivity contribution in [3.05, 3.63) is 29.3 Å². The Morgan fingerprint density at radius 1 is 1.25 bits per heavy atom. The number of hydrazone groups is 1. The summed E-state index contributed by atoms with van der Waals surface area (Å²) in [7, 11) is 0. The van der Waals surface area contributed by atoms with Crippen LogP contribution in [0.3, 0.4) is 0 Å². The van der Waals surface area contributed by atoms with E-state index in [1.165, 1.54) is 0 Å². The SMILES string of the molecule is CC(C)C1=NNC2C(=O)N(CC(=O)Nc3ccc(Cl)cc3)C3CCCCC3N12. The molecule has 28 heavy (non-hydrogen) atoms. The number of halogens is 1. The monoisotopic (exact) mass is 403 g/mol. The first-order chi connectivity index (χ1) is 13.5. The lowest BCUT2D eigenvalue weighted by Crippen LogP contribution is -2.70. The molecule has 8 heteroatoms. The molecule has 150 valence electrons. The van der Waals surface area contributed by atoms with E-state index < -0.39 is 6.17 Å². The summed E-state index contributed by atoms with van der Waals surface area (Å²) >= 11 is 5.90. The van der Waals surface area contributed by atoms with Gasteiger partial charge in [0.05, 0.1) is 12.1 Å². The van der Waals surface area contributed by atoms with Crippen LogP contribution in [-0.4, -0.2) is 52.2 Å². The van der Waals surface area contributed by atoms with Gasteiger partial charge in [-0.05, 0) is 37.1 Å². The van der Waals surface area contributed by atoms with Gasteiger partial charge in [-0.3, -0.25) is 15.0 Å². The number of amidine groups is 1. The van der Waals surface area contributed by atoms with E-state index in [0.29, 0.717) is 10.7 Å². The second-order valence-corrected chi connectivity index (χ2v) is 8.44. The zero-order chi connectivity index (χ0) is 19.8. The van der Waals surface area contributed by atoms with Crippen molar-refractivity contribution in [1.82, 2.24) is 15.2 Å². The van der Waals surface area contributed by atoms with Crippen molar-refractivity contribution >= 4 is 34.9 Å². The molecule has 1 saturated heterocycles. The van der Waals surface area contributed by atoms with Crippen LogP contribution >= 0.6 is 11.6 Å². The molecule has 3 unspecified atom stereocenters. The summed E-state index contributed by atoms with van der Waals surface area (Å²) < 4.78 is 0. The molecular formula is C20H26ClN5O2. The summed E-state index contributed by atoms with van der Waals surface area (Å²) in [5.74, 6) is 0.915. The first-order valence-corrected chi connectivity index (χ1v) is 10.3. The van der Waals surface area contributed by atoms with Crippen LogP contribution in [0.5, 0.6) is 0 Å². The average Bonchev–Trinajstić information content (AvgIpc) is 3.13. The van der Waals surface area contributed by atoms with E-state index in [0.717, 1.165) is 31.5 Å². The van der Waals surface area contributed by atoms with E-state index in [9.17, 15) is 9.59 Å². The van der Waals surface area contributed by atoms with Crippen molar-refractivity contribution in [3.8, 4) is 0 Å². The summed E-state index contributed by atoms with van der Waals surface area (Å²) in [6, 6.07) is 7.21. The van der Waals surface area contributed by atoms with Crippen LogP contribution in [0.25, 0.3) is 0 Å². The Kier molecular flexibility index (Phi) is 5.19. The van der Waals surface area contributed by atoms with Gasteiger partial charge in [0.15, 0.2) is 6.17 Å². The number of hydrogen-bond donors (Lipinski definition) is 2. The normalized spacial score (nSPS) is 26.5. The molecule has 4 rings (SSSR count). The van der Waals surface area contributed by atoms with Gasteiger partial charge in [-0.15, -0.1) is 0 Å². The van der Waals surface area contributed by atoms with Crippen molar-refractivity contribution in [1.29, 1.82) is 0 Å². The Labute approximate surface area is 170 Å². The molecule has 1 aromatic carbocycles. The molecule has 0 bridgehead atoms. The predicted molar refractivity (Wildman–Crippen MR) is 109 cm³/mol. The summed E-state index contributed by atoms with van der Waals surface area (Å²) in [5.41, 5.74) is 3.68. The summed E-state index contributed by atoms with van der Waals surface area (Å²) in [4.78, 5) is 29.8. The Morgan fingerprint density at radius 3 is 2.61 bits per heavy atom. The smallest absolute Gasteiger partial charge is 0.268 e. The maximum absolute atomic E-state index is 13.2. The number of nitrogens with one attached hydrogen (secondary N) is 2. The minimum Gasteiger partial charge on any atom is -0.325 e. The van der Waals surface area contributed by atoms with Gasteiger partial charge in [0.2, 0.25) is 5.91 Å². The molecule has 0 aromatic heterocycles. The molecule has 2 heterocycles. The minimum absolute atomic E-state index is 0.0392. The van der Waals surface area contributed by atoms with Crippen LogP contribution in [0.1, 0.15) is 39.5 Å². The number of benzene rings is 1. The van der Waals surface area contributed by atoms with Crippen LogP contribution in [0.4, 0.5) is 5.69 Å². The molecule has 2 N–H and O–H groups in total. The molecule has 1 aromatic rings. The highest BCUT2D eigenvalue weighted by molar-refractivity contribution is 6.30. The highest BCUT2D eigenvalue weighted by atomic mass is 35.5. The van der Waals surface area contributed by atoms with Gasteiger partial charge < -0.3 is 15.1 Å². The van der Waals surface area contributed by atoms with Crippen LogP contribution < -0.4 is 10.7 Å². The fourth-order valence-electron chi connectivity index (χ4n) is 4.53. The first-order valence-electron chi connectivity index (χ1n) is 9.93. The Bertz CT molecular complexity index is 794. The van der Waals surface area contributed by atoms with Crippen LogP contribution in [-0.2, 0) is 9.59 Å². The summed E-state index contributed by atoms with van der Waals surface area (Å²) in [5, 5.41) is 7.92. The van der Waals surface area contributed by atoms with Gasteiger partial charge in [-0.25, -0.2) is 0 Å². The molecule has 7 nitrogen and oxygen atoms in total. The number of fused-ring (bicyclic) bond motifs is 3. The zero-order valence-corrected chi connectivity index (χ0v) is 16.9. The third kappa shape index (κ3) is 3.43. The number of hydrogen-bond acceptors (Lipinski definition) is 5. The third-order valence-electron chi connectivity index (χ3n) is 5.77. The van der Waals surface area contributed by atoms with Crippen molar-refractivity contribution < 1.29 is 9.59 Å². The highest BCUT2D eigenvalue weighted by Crippen LogP contribution is 2.35. The fourth-order valence-corrected chi connectivity index (χ4v) is 4.65. The van der Waals surface area contributed by atoms with Crippen LogP contribution in [0.15, 0.2) is 29.4 Å². The molecule has 3 aliphatic rings. The van der Waals surface area contributed by atoms with E-state index in [1.807, 2.05) is 0 Å². The van der Waals surface area contributed by atoms with Gasteiger partial charge >= 0.3 is 0 Å². The maximum Gasteiger partial charge on any atom is 0.268 e. The van der Waals surface area contributed by atoms with Crippen molar-refractivity contribution in [3.63, 3.8) is 0 Å². The Balaban J connectivity index is 1.52. The Hall–Kier alpha value is -2.28. The van der Waals surface area contributed by atoms with Crippen molar-refractivity contribution in [2.24, 2.45) is 11.0 Å². The number of rotatable bonds is 4. The molecule has 3 atom stereocenters. The van der Waals surface area contributed by atoms with Gasteiger partial charge in [0.1, 0.15) is 12.4 Å².